The number of halogens is 1. The summed E-state index contributed by atoms with van der Waals surface area (Å²) in [6, 6.07) is 16.8. The Morgan fingerprint density at radius 3 is 2.45 bits per heavy atom. The van der Waals surface area contributed by atoms with Crippen molar-refractivity contribution in [2.45, 2.75) is 25.9 Å². The Bertz CT molecular complexity index is 1360. The highest BCUT2D eigenvalue weighted by Crippen LogP contribution is 2.27. The number of rotatable bonds is 9. The summed E-state index contributed by atoms with van der Waals surface area (Å²) in [5, 5.41) is 8.14. The summed E-state index contributed by atoms with van der Waals surface area (Å²) in [7, 11) is 0. The molecule has 1 aromatic heterocycles. The van der Waals surface area contributed by atoms with Gasteiger partial charge in [0.05, 0.1) is 17.9 Å². The number of nitrogens with zero attached hydrogens (tertiary/aromatic N) is 3. The molecular formula is C30H33FN6O3. The minimum atomic E-state index is -0.644. The Kier molecular flexibility index (Phi) is 8.65. The van der Waals surface area contributed by atoms with Crippen molar-refractivity contribution in [1.82, 2.24) is 25.4 Å². The number of carbonyl (C=O) groups is 3. The summed E-state index contributed by atoms with van der Waals surface area (Å²) in [6.45, 7) is 3.93. The predicted octanol–water partition coefficient (Wildman–Crippen LogP) is 3.64. The fourth-order valence-electron chi connectivity index (χ4n) is 4.61. The van der Waals surface area contributed by atoms with E-state index in [1.807, 2.05) is 36.4 Å². The van der Waals surface area contributed by atoms with E-state index in [0.717, 1.165) is 24.1 Å². The van der Waals surface area contributed by atoms with Crippen LogP contribution in [-0.4, -0.2) is 65.4 Å². The number of nitrogens with one attached hydrogen (secondary N) is 3. The number of amides is 4. The average Bonchev–Trinajstić information content (AvgIpc) is 3.81. The molecule has 0 atom stereocenters. The van der Waals surface area contributed by atoms with Crippen LogP contribution in [0.25, 0.3) is 0 Å². The third kappa shape index (κ3) is 7.41. The van der Waals surface area contributed by atoms with Gasteiger partial charge in [0.25, 0.3) is 11.8 Å². The molecule has 208 valence electrons. The zero-order valence-corrected chi connectivity index (χ0v) is 22.2. The van der Waals surface area contributed by atoms with Gasteiger partial charge in [-0.2, -0.15) is 0 Å². The zero-order valence-electron chi connectivity index (χ0n) is 22.2. The van der Waals surface area contributed by atoms with Gasteiger partial charge in [-0.3, -0.25) is 19.5 Å². The van der Waals surface area contributed by atoms with Gasteiger partial charge in [0, 0.05) is 56.6 Å². The van der Waals surface area contributed by atoms with Crippen LogP contribution in [0.3, 0.4) is 0 Å². The minimum absolute atomic E-state index is 0.0438. The lowest BCUT2D eigenvalue weighted by molar-refractivity contribution is 0.0627. The van der Waals surface area contributed by atoms with Gasteiger partial charge < -0.3 is 20.9 Å². The van der Waals surface area contributed by atoms with Gasteiger partial charge in [-0.15, -0.1) is 0 Å². The molecule has 0 unspecified atom stereocenters. The number of pyridine rings is 1. The van der Waals surface area contributed by atoms with Gasteiger partial charge in [0.15, 0.2) is 0 Å². The second-order valence-corrected chi connectivity index (χ2v) is 10.2. The standard InChI is InChI=1S/C30H33FN6O3/c31-26-17-24(9-10-27(26)35-30(40)34-18-21-7-8-21)29(39)37-14-12-36(13-15-37)20-22-4-3-5-23(16-22)28(38)33-19-25-6-1-2-11-32-25/h1-6,9-11,16-17,21H,7-8,12-15,18-20H2,(H,33,38)(H2,34,35,40). The minimum Gasteiger partial charge on any atom is -0.346 e. The van der Waals surface area contributed by atoms with E-state index in [2.05, 4.69) is 25.8 Å². The third-order valence-electron chi connectivity index (χ3n) is 7.12. The molecule has 2 heterocycles. The van der Waals surface area contributed by atoms with Crippen LogP contribution in [-0.2, 0) is 13.1 Å². The zero-order chi connectivity index (χ0) is 27.9. The van der Waals surface area contributed by atoms with Gasteiger partial charge in [0.1, 0.15) is 5.82 Å². The summed E-state index contributed by atoms with van der Waals surface area (Å²) >= 11 is 0. The predicted molar refractivity (Wildman–Crippen MR) is 149 cm³/mol. The summed E-state index contributed by atoms with van der Waals surface area (Å²) < 4.78 is 14.6. The molecule has 2 fully saturated rings. The molecule has 10 heteroatoms. The maximum atomic E-state index is 14.6. The van der Waals surface area contributed by atoms with E-state index < -0.39 is 11.8 Å². The van der Waals surface area contributed by atoms with Gasteiger partial charge in [0.2, 0.25) is 0 Å². The topological polar surface area (TPSA) is 107 Å². The van der Waals surface area contributed by atoms with Crippen LogP contribution in [0.15, 0.2) is 66.9 Å². The van der Waals surface area contributed by atoms with E-state index in [4.69, 9.17) is 0 Å². The van der Waals surface area contributed by atoms with Crippen LogP contribution < -0.4 is 16.0 Å². The van der Waals surface area contributed by atoms with Crippen molar-refractivity contribution in [3.63, 3.8) is 0 Å². The van der Waals surface area contributed by atoms with Crippen molar-refractivity contribution in [3.05, 3.63) is 95.1 Å². The van der Waals surface area contributed by atoms with Crippen molar-refractivity contribution in [1.29, 1.82) is 0 Å². The molecule has 2 aliphatic rings. The highest BCUT2D eigenvalue weighted by molar-refractivity contribution is 5.96. The molecule has 1 saturated carbocycles. The molecule has 0 spiro atoms. The number of hydrogen-bond donors (Lipinski definition) is 3. The van der Waals surface area contributed by atoms with Gasteiger partial charge >= 0.3 is 6.03 Å². The maximum absolute atomic E-state index is 14.6. The van der Waals surface area contributed by atoms with Crippen LogP contribution in [0.4, 0.5) is 14.9 Å². The number of carbonyl (C=O) groups excluding carboxylic acids is 3. The largest absolute Gasteiger partial charge is 0.346 e. The molecule has 9 nitrogen and oxygen atoms in total. The molecule has 0 radical (unpaired) electrons. The number of hydrogen-bond acceptors (Lipinski definition) is 5. The Labute approximate surface area is 232 Å². The molecule has 0 bridgehead atoms. The van der Waals surface area contributed by atoms with Gasteiger partial charge in [-0.05, 0) is 66.8 Å². The number of anilines is 1. The van der Waals surface area contributed by atoms with E-state index >= 15 is 0 Å². The van der Waals surface area contributed by atoms with Crippen molar-refractivity contribution >= 4 is 23.5 Å². The number of urea groups is 1. The number of piperazine rings is 1. The molecular weight excluding hydrogens is 511 g/mol. The summed E-state index contributed by atoms with van der Waals surface area (Å²) in [5.41, 5.74) is 2.68. The monoisotopic (exact) mass is 544 g/mol. The maximum Gasteiger partial charge on any atom is 0.319 e. The molecule has 3 N–H and O–H groups in total. The van der Waals surface area contributed by atoms with Crippen LogP contribution in [0.5, 0.6) is 0 Å². The molecule has 1 aliphatic heterocycles. The first kappa shape index (κ1) is 27.3. The molecule has 4 amide bonds. The van der Waals surface area contributed by atoms with Crippen LogP contribution >= 0.6 is 0 Å². The van der Waals surface area contributed by atoms with E-state index in [0.29, 0.717) is 57.3 Å². The lowest BCUT2D eigenvalue weighted by Crippen LogP contribution is -2.48. The number of benzene rings is 2. The van der Waals surface area contributed by atoms with Crippen LogP contribution in [0.2, 0.25) is 0 Å². The molecule has 1 aliphatic carbocycles. The van der Waals surface area contributed by atoms with Gasteiger partial charge in [-0.1, -0.05) is 18.2 Å². The normalized spacial score (nSPS) is 15.4. The highest BCUT2D eigenvalue weighted by atomic mass is 19.1. The van der Waals surface area contributed by atoms with Crippen molar-refractivity contribution in [2.24, 2.45) is 5.92 Å². The van der Waals surface area contributed by atoms with Crippen molar-refractivity contribution in [3.8, 4) is 0 Å². The SMILES string of the molecule is O=C(NCC1CC1)Nc1ccc(C(=O)N2CCN(Cc3cccc(C(=O)NCc4ccccn4)c3)CC2)cc1F. The Hall–Kier alpha value is -4.31. The van der Waals surface area contributed by atoms with Crippen LogP contribution in [0, 0.1) is 11.7 Å². The molecule has 3 aromatic rings. The molecule has 40 heavy (non-hydrogen) atoms. The van der Waals surface area contributed by atoms with Crippen LogP contribution in [0.1, 0.15) is 44.8 Å². The quantitative estimate of drug-likeness (QED) is 0.381. The van der Waals surface area contributed by atoms with E-state index in [1.165, 1.54) is 12.1 Å². The first-order valence-corrected chi connectivity index (χ1v) is 13.6. The lowest BCUT2D eigenvalue weighted by atomic mass is 10.1. The Morgan fingerprint density at radius 2 is 1.73 bits per heavy atom. The highest BCUT2D eigenvalue weighted by Gasteiger charge is 2.24. The fraction of sp³-hybridized carbons (Fsp3) is 0.333. The third-order valence-corrected chi connectivity index (χ3v) is 7.12. The Morgan fingerprint density at radius 1 is 0.900 bits per heavy atom. The lowest BCUT2D eigenvalue weighted by Gasteiger charge is -2.35. The average molecular weight is 545 g/mol. The number of aromatic nitrogens is 1. The molecule has 1 saturated heterocycles. The first-order valence-electron chi connectivity index (χ1n) is 13.6. The molecule has 5 rings (SSSR count). The molecule has 2 aromatic carbocycles. The summed E-state index contributed by atoms with van der Waals surface area (Å²) in [4.78, 5) is 45.8. The van der Waals surface area contributed by atoms with Crippen molar-refractivity contribution in [2.75, 3.05) is 38.0 Å². The van der Waals surface area contributed by atoms with E-state index in [9.17, 15) is 18.8 Å². The summed E-state index contributed by atoms with van der Waals surface area (Å²) in [5.74, 6) is -0.518. The van der Waals surface area contributed by atoms with E-state index in [1.54, 1.807) is 23.2 Å². The van der Waals surface area contributed by atoms with Crippen molar-refractivity contribution < 1.29 is 18.8 Å². The summed E-state index contributed by atoms with van der Waals surface area (Å²) in [6.07, 6.45) is 3.92. The smallest absolute Gasteiger partial charge is 0.319 e. The van der Waals surface area contributed by atoms with Gasteiger partial charge in [-0.25, -0.2) is 9.18 Å². The fourth-order valence-corrected chi connectivity index (χ4v) is 4.61. The second kappa shape index (κ2) is 12.7. The first-order chi connectivity index (χ1) is 19.4. The van der Waals surface area contributed by atoms with E-state index in [-0.39, 0.29) is 23.1 Å². The Balaban J connectivity index is 1.09. The second-order valence-electron chi connectivity index (χ2n) is 10.2.